The van der Waals surface area contributed by atoms with Crippen LogP contribution in [0.25, 0.3) is 0 Å². The number of anilines is 1. The average molecular weight is 268 g/mol. The van der Waals surface area contributed by atoms with Crippen LogP contribution in [0.1, 0.15) is 23.0 Å². The number of nitrogens with zero attached hydrogens (tertiary/aromatic N) is 2. The second kappa shape index (κ2) is 6.61. The second-order valence-electron chi connectivity index (χ2n) is 4.25. The molecule has 0 aromatic carbocycles. The number of aryl methyl sites for hydroxylation is 1. The van der Waals surface area contributed by atoms with Gasteiger partial charge in [-0.3, -0.25) is 4.79 Å². The third-order valence-corrected chi connectivity index (χ3v) is 3.55. The largest absolute Gasteiger partial charge is 0.338 e. The molecule has 0 fully saturated rings. The normalized spacial score (nSPS) is 12.1. The van der Waals surface area contributed by atoms with Crippen LogP contribution >= 0.6 is 11.8 Å². The van der Waals surface area contributed by atoms with Gasteiger partial charge in [0.25, 0.3) is 5.91 Å². The highest BCUT2D eigenvalue weighted by molar-refractivity contribution is 7.98. The number of hydrazine groups is 1. The van der Waals surface area contributed by atoms with E-state index in [9.17, 15) is 4.79 Å². The first-order chi connectivity index (χ1) is 8.49. The van der Waals surface area contributed by atoms with Crippen molar-refractivity contribution in [2.24, 2.45) is 5.84 Å². The van der Waals surface area contributed by atoms with Crippen LogP contribution in [0.5, 0.6) is 0 Å². The molecule has 1 amide bonds. The summed E-state index contributed by atoms with van der Waals surface area (Å²) in [5.74, 6) is 6.73. The van der Waals surface area contributed by atoms with Crippen LogP contribution < -0.4 is 11.3 Å². The smallest absolute Gasteiger partial charge is 0.254 e. The fourth-order valence-corrected chi connectivity index (χ4v) is 2.33. The molecule has 100 valence electrons. The minimum absolute atomic E-state index is 0.0152. The number of thioether (sulfide) groups is 1. The number of amides is 1. The van der Waals surface area contributed by atoms with Crippen molar-refractivity contribution in [2.45, 2.75) is 19.9 Å². The molecular formula is C12H20N4OS. The Morgan fingerprint density at radius 1 is 1.61 bits per heavy atom. The first-order valence-electron chi connectivity index (χ1n) is 5.71. The molecule has 0 bridgehead atoms. The Kier molecular flexibility index (Phi) is 5.43. The van der Waals surface area contributed by atoms with Crippen molar-refractivity contribution in [2.75, 3.05) is 24.5 Å². The summed E-state index contributed by atoms with van der Waals surface area (Å²) in [4.78, 5) is 18.2. The lowest BCUT2D eigenvalue weighted by atomic mass is 10.2. The highest BCUT2D eigenvalue weighted by Crippen LogP contribution is 2.13. The monoisotopic (exact) mass is 268 g/mol. The van der Waals surface area contributed by atoms with E-state index in [1.54, 1.807) is 28.8 Å². The molecule has 3 N–H and O–H groups in total. The van der Waals surface area contributed by atoms with E-state index in [0.717, 1.165) is 11.4 Å². The molecule has 1 heterocycles. The number of hydrogen-bond donors (Lipinski definition) is 2. The van der Waals surface area contributed by atoms with Crippen molar-refractivity contribution in [1.82, 2.24) is 9.88 Å². The Bertz CT molecular complexity index is 425. The molecule has 1 aromatic heterocycles. The summed E-state index contributed by atoms with van der Waals surface area (Å²) >= 11 is 1.72. The maximum Gasteiger partial charge on any atom is 0.254 e. The number of nitrogen functional groups attached to an aromatic ring is 1. The van der Waals surface area contributed by atoms with Crippen LogP contribution in [-0.2, 0) is 0 Å². The van der Waals surface area contributed by atoms with Gasteiger partial charge in [0.2, 0.25) is 0 Å². The SMILES string of the molecule is CSCC(C)N(C)C(=O)c1cc(C)nc(NN)c1. The van der Waals surface area contributed by atoms with Gasteiger partial charge in [0.05, 0.1) is 0 Å². The molecule has 0 spiro atoms. The molecule has 0 saturated heterocycles. The summed E-state index contributed by atoms with van der Waals surface area (Å²) < 4.78 is 0. The van der Waals surface area contributed by atoms with Crippen molar-refractivity contribution in [3.05, 3.63) is 23.4 Å². The molecule has 5 nitrogen and oxygen atoms in total. The van der Waals surface area contributed by atoms with E-state index in [1.807, 2.05) is 27.2 Å². The van der Waals surface area contributed by atoms with E-state index in [1.165, 1.54) is 0 Å². The Morgan fingerprint density at radius 2 is 2.28 bits per heavy atom. The van der Waals surface area contributed by atoms with Crippen molar-refractivity contribution in [3.63, 3.8) is 0 Å². The van der Waals surface area contributed by atoms with Crippen LogP contribution in [0.3, 0.4) is 0 Å². The average Bonchev–Trinajstić information content (AvgIpc) is 2.36. The highest BCUT2D eigenvalue weighted by atomic mass is 32.2. The van der Waals surface area contributed by atoms with Crippen LogP contribution in [0.15, 0.2) is 12.1 Å². The topological polar surface area (TPSA) is 71.2 Å². The van der Waals surface area contributed by atoms with E-state index in [2.05, 4.69) is 10.4 Å². The van der Waals surface area contributed by atoms with Gasteiger partial charge in [-0.1, -0.05) is 0 Å². The number of carbonyl (C=O) groups excluding carboxylic acids is 1. The quantitative estimate of drug-likeness (QED) is 0.625. The number of pyridine rings is 1. The molecule has 1 unspecified atom stereocenters. The number of aromatic nitrogens is 1. The molecular weight excluding hydrogens is 248 g/mol. The van der Waals surface area contributed by atoms with Gasteiger partial charge in [0.1, 0.15) is 5.82 Å². The van der Waals surface area contributed by atoms with Gasteiger partial charge in [0.15, 0.2) is 0 Å². The fraction of sp³-hybridized carbons (Fsp3) is 0.500. The number of carbonyl (C=O) groups is 1. The Morgan fingerprint density at radius 3 is 2.83 bits per heavy atom. The van der Waals surface area contributed by atoms with Gasteiger partial charge < -0.3 is 10.3 Å². The summed E-state index contributed by atoms with van der Waals surface area (Å²) in [6.45, 7) is 3.87. The predicted molar refractivity (Wildman–Crippen MR) is 76.7 cm³/mol. The molecule has 0 aliphatic carbocycles. The van der Waals surface area contributed by atoms with Gasteiger partial charge in [-0.15, -0.1) is 0 Å². The predicted octanol–water partition coefficient (Wildman–Crippen LogP) is 1.50. The molecule has 1 rings (SSSR count). The molecule has 0 aliphatic heterocycles. The lowest BCUT2D eigenvalue weighted by molar-refractivity contribution is 0.0757. The van der Waals surface area contributed by atoms with Crippen LogP contribution in [-0.4, -0.2) is 40.9 Å². The summed E-state index contributed by atoms with van der Waals surface area (Å²) in [6.07, 6.45) is 2.03. The van der Waals surface area contributed by atoms with Crippen LogP contribution in [0, 0.1) is 6.92 Å². The summed E-state index contributed by atoms with van der Waals surface area (Å²) in [7, 11) is 1.81. The Balaban J connectivity index is 2.92. The summed E-state index contributed by atoms with van der Waals surface area (Å²) in [5, 5.41) is 0. The molecule has 0 saturated carbocycles. The minimum Gasteiger partial charge on any atom is -0.338 e. The fourth-order valence-electron chi connectivity index (χ4n) is 1.62. The van der Waals surface area contributed by atoms with Crippen molar-refractivity contribution in [3.8, 4) is 0 Å². The zero-order valence-corrected chi connectivity index (χ0v) is 12.0. The maximum absolute atomic E-state index is 12.3. The number of nitrogens with two attached hydrogens (primary N) is 1. The molecule has 1 aromatic rings. The first-order valence-corrected chi connectivity index (χ1v) is 7.10. The second-order valence-corrected chi connectivity index (χ2v) is 5.16. The number of hydrogen-bond acceptors (Lipinski definition) is 5. The molecule has 18 heavy (non-hydrogen) atoms. The van der Waals surface area contributed by atoms with E-state index < -0.39 is 0 Å². The minimum atomic E-state index is -0.0152. The highest BCUT2D eigenvalue weighted by Gasteiger charge is 2.18. The molecule has 0 aliphatic rings. The molecule has 1 atom stereocenters. The van der Waals surface area contributed by atoms with E-state index in [-0.39, 0.29) is 11.9 Å². The maximum atomic E-state index is 12.3. The zero-order chi connectivity index (χ0) is 13.7. The number of rotatable bonds is 5. The van der Waals surface area contributed by atoms with Crippen molar-refractivity contribution >= 4 is 23.5 Å². The molecule has 6 heteroatoms. The van der Waals surface area contributed by atoms with Gasteiger partial charge in [0, 0.05) is 30.1 Å². The van der Waals surface area contributed by atoms with Gasteiger partial charge in [-0.25, -0.2) is 10.8 Å². The number of nitrogens with one attached hydrogen (secondary N) is 1. The lowest BCUT2D eigenvalue weighted by Crippen LogP contribution is -2.36. The standard InChI is InChI=1S/C12H20N4OS/c1-8-5-10(6-11(14-8)15-13)12(17)16(3)9(2)7-18-4/h5-6,9H,7,13H2,1-4H3,(H,14,15). The summed E-state index contributed by atoms with van der Waals surface area (Å²) in [6, 6.07) is 3.62. The lowest BCUT2D eigenvalue weighted by Gasteiger charge is -2.24. The van der Waals surface area contributed by atoms with E-state index >= 15 is 0 Å². The first kappa shape index (κ1) is 14.8. The van der Waals surface area contributed by atoms with E-state index in [0.29, 0.717) is 11.4 Å². The zero-order valence-electron chi connectivity index (χ0n) is 11.2. The van der Waals surface area contributed by atoms with Crippen LogP contribution in [0.2, 0.25) is 0 Å². The Labute approximate surface area is 112 Å². The van der Waals surface area contributed by atoms with Crippen molar-refractivity contribution in [1.29, 1.82) is 0 Å². The third kappa shape index (κ3) is 3.61. The third-order valence-electron chi connectivity index (χ3n) is 2.74. The van der Waals surface area contributed by atoms with Crippen LogP contribution in [0.4, 0.5) is 5.82 Å². The molecule has 0 radical (unpaired) electrons. The summed E-state index contributed by atoms with van der Waals surface area (Å²) in [5.41, 5.74) is 3.84. The van der Waals surface area contributed by atoms with Gasteiger partial charge in [-0.2, -0.15) is 11.8 Å². The van der Waals surface area contributed by atoms with E-state index in [4.69, 9.17) is 5.84 Å². The Hall–Kier alpha value is -1.27. The van der Waals surface area contributed by atoms with Crippen molar-refractivity contribution < 1.29 is 4.79 Å². The van der Waals surface area contributed by atoms with Gasteiger partial charge in [-0.05, 0) is 32.2 Å². The van der Waals surface area contributed by atoms with Gasteiger partial charge >= 0.3 is 0 Å².